The van der Waals surface area contributed by atoms with Crippen LogP contribution < -0.4 is 59.6 Å². The van der Waals surface area contributed by atoms with Crippen LogP contribution in [0.15, 0.2) is 197 Å². The monoisotopic (exact) mass is 2100 g/mol. The second kappa shape index (κ2) is 56.9. The van der Waals surface area contributed by atoms with Crippen molar-refractivity contribution in [3.05, 3.63) is 221 Å². The number of sulfone groups is 1. The van der Waals surface area contributed by atoms with Crippen LogP contribution in [0.4, 0.5) is 46.4 Å². The number of nitrogens with zero attached hydrogens (tertiary/aromatic N) is 5. The molecule has 8 aromatic rings. The Bertz CT molecular complexity index is 5860. The van der Waals surface area contributed by atoms with Gasteiger partial charge in [0.05, 0.1) is 46.3 Å². The van der Waals surface area contributed by atoms with Crippen LogP contribution >= 0.6 is 35.2 Å². The molecule has 8 aromatic carbocycles. The molecule has 0 aromatic heterocycles. The Morgan fingerprint density at radius 2 is 0.868 bits per heavy atom. The van der Waals surface area contributed by atoms with E-state index in [4.69, 9.17) is 43.6 Å². The highest BCUT2D eigenvalue weighted by molar-refractivity contribution is 8.00. The molecule has 12 rings (SSSR count). The number of nitrogens with one attached hydrogen (secondary N) is 5. The van der Waals surface area contributed by atoms with Crippen LogP contribution in [0.3, 0.4) is 0 Å². The number of hydrogen-bond acceptors (Lipinski definition) is 25. The van der Waals surface area contributed by atoms with E-state index in [0.717, 1.165) is 129 Å². The van der Waals surface area contributed by atoms with Crippen molar-refractivity contribution < 1.29 is 131 Å². The van der Waals surface area contributed by atoms with Gasteiger partial charge >= 0.3 is 35.5 Å². The first-order valence-electron chi connectivity index (χ1n) is 47.7. The first-order valence-corrected chi connectivity index (χ1v) is 55.0. The number of hydrogen-bond donors (Lipinski definition) is 11. The molecule has 144 heavy (non-hydrogen) atoms. The zero-order valence-corrected chi connectivity index (χ0v) is 86.0. The minimum absolute atomic E-state index is 0.0196. The summed E-state index contributed by atoms with van der Waals surface area (Å²) >= 11 is 1.88. The van der Waals surface area contributed by atoms with Gasteiger partial charge < -0.3 is 69.1 Å². The summed E-state index contributed by atoms with van der Waals surface area (Å²) in [4.78, 5) is 155. The molecular weight excluding hydrogens is 1970 g/mol. The van der Waals surface area contributed by atoms with E-state index in [1.165, 1.54) is 91.9 Å². The Balaban J connectivity index is 0.000000221. The second-order valence-corrected chi connectivity index (χ2v) is 42.3. The molecule has 4 aliphatic heterocycles. The van der Waals surface area contributed by atoms with Gasteiger partial charge in [-0.25, -0.2) is 44.9 Å². The predicted octanol–water partition coefficient (Wildman–Crippen LogP) is 18.5. The number of phosphoric ester groups is 3. The predicted molar refractivity (Wildman–Crippen MR) is 543 cm³/mol. The minimum atomic E-state index is -4.90. The lowest BCUT2D eigenvalue weighted by Gasteiger charge is -2.37. The highest BCUT2D eigenvalue weighted by Crippen LogP contribution is 2.57. The topological polar surface area (TPSA) is 493 Å². The number of urea groups is 1. The number of esters is 1. The molecule has 782 valence electrons. The van der Waals surface area contributed by atoms with E-state index < -0.39 is 74.8 Å². The van der Waals surface area contributed by atoms with Gasteiger partial charge in [0.2, 0.25) is 17.7 Å². The van der Waals surface area contributed by atoms with Crippen molar-refractivity contribution in [2.24, 2.45) is 10.2 Å². The second-order valence-electron chi connectivity index (χ2n) is 35.5. The van der Waals surface area contributed by atoms with E-state index in [2.05, 4.69) is 50.4 Å². The van der Waals surface area contributed by atoms with Crippen LogP contribution in [0.2, 0.25) is 0 Å². The van der Waals surface area contributed by atoms with Gasteiger partial charge in [-0.3, -0.25) is 58.1 Å². The van der Waals surface area contributed by atoms with Crippen molar-refractivity contribution in [3.8, 4) is 28.7 Å². The number of thioether (sulfide) groups is 1. The zero-order valence-electron chi connectivity index (χ0n) is 81.7. The molecule has 6 atom stereocenters. The maximum absolute atomic E-state index is 14.7. The van der Waals surface area contributed by atoms with Crippen LogP contribution in [0, 0.1) is 0 Å². The number of anilines is 3. The van der Waals surface area contributed by atoms with E-state index in [9.17, 15) is 73.6 Å². The van der Waals surface area contributed by atoms with Crippen LogP contribution in [-0.2, 0) is 67.4 Å². The van der Waals surface area contributed by atoms with Crippen molar-refractivity contribution in [1.29, 1.82) is 0 Å². The van der Waals surface area contributed by atoms with Gasteiger partial charge in [0, 0.05) is 181 Å². The zero-order chi connectivity index (χ0) is 105. The maximum atomic E-state index is 14.7. The highest BCUT2D eigenvalue weighted by atomic mass is 32.2. The normalized spacial score (nSPS) is 15.3. The number of carbonyl (C=O) groups is 8. The lowest BCUT2D eigenvalue weighted by atomic mass is 9.77. The number of rotatable bonds is 54. The summed E-state index contributed by atoms with van der Waals surface area (Å²) in [6, 6.07) is 49.9. The SMILES string of the molecule is CC(=O)NCCCCCCCC(=O)C(F)c1ccccc1OP(=O)(O)O.CN(C)c1ccc(N=Nc2ccc(S(=O)(=O)CCCOCCC(=O)NCCCCCCCC(=O)C(F)c3ccccc3OP(=O)(O)O)cc2)cc1.CN(C)c1ccc2c(c1)Oc1cc(N(C)C)ccc1C21OC(=O)c2ccccc21.O=C(CCCCC1SCC2NC(=O)NC21)NCCCCCCCC(=O)C(F)c1ccccc1OP(=O)(O)O. The van der Waals surface area contributed by atoms with E-state index in [1.54, 1.807) is 12.1 Å². The average Bonchev–Trinajstić information content (AvgIpc) is 1.52. The summed E-state index contributed by atoms with van der Waals surface area (Å²) in [7, 11) is -6.25. The summed E-state index contributed by atoms with van der Waals surface area (Å²) in [5.74, 6) is -1.31. The molecular formula is C101H130F3N10O25P3S2. The number of phosphoric acid groups is 3. The van der Waals surface area contributed by atoms with E-state index in [1.807, 2.05) is 154 Å². The number of amides is 5. The fourth-order valence-corrected chi connectivity index (χ4v) is 20.3. The van der Waals surface area contributed by atoms with E-state index in [-0.39, 0.29) is 132 Å². The lowest BCUT2D eigenvalue weighted by molar-refractivity contribution is -0.124. The molecule has 5 amide bonds. The summed E-state index contributed by atoms with van der Waals surface area (Å²) in [5, 5.41) is 23.1. The number of benzene rings is 8. The fraction of sp³-hybridized carbons (Fsp3) is 0.446. The molecule has 11 N–H and O–H groups in total. The number of ketones is 3. The van der Waals surface area contributed by atoms with E-state index >= 15 is 0 Å². The van der Waals surface area contributed by atoms with Gasteiger partial charge in [-0.2, -0.15) is 22.0 Å². The lowest BCUT2D eigenvalue weighted by Crippen LogP contribution is -2.36. The number of fused-ring (bicyclic) bond motifs is 7. The molecule has 6 unspecified atom stereocenters. The molecule has 35 nitrogen and oxygen atoms in total. The van der Waals surface area contributed by atoms with Gasteiger partial charge in [0.15, 0.2) is 51.3 Å². The van der Waals surface area contributed by atoms with Gasteiger partial charge in [-0.05, 0) is 155 Å². The van der Waals surface area contributed by atoms with Gasteiger partial charge in [0.25, 0.3) is 0 Å². The number of alkyl halides is 3. The molecule has 2 saturated heterocycles. The van der Waals surface area contributed by atoms with Gasteiger partial charge in [-0.15, -0.1) is 0 Å². The molecule has 4 heterocycles. The van der Waals surface area contributed by atoms with Crippen molar-refractivity contribution in [2.45, 2.75) is 207 Å². The summed E-state index contributed by atoms with van der Waals surface area (Å²) < 4.78 is 134. The highest BCUT2D eigenvalue weighted by Gasteiger charge is 2.54. The third kappa shape index (κ3) is 37.3. The quantitative estimate of drug-likeness (QED) is 0.00554. The van der Waals surface area contributed by atoms with Crippen LogP contribution in [0.1, 0.15) is 223 Å². The fourth-order valence-electron chi connectivity index (χ4n) is 16.2. The Morgan fingerprint density at radius 3 is 1.31 bits per heavy atom. The molecule has 2 fully saturated rings. The summed E-state index contributed by atoms with van der Waals surface area (Å²) in [6.07, 6.45) is 8.85. The molecule has 0 bridgehead atoms. The summed E-state index contributed by atoms with van der Waals surface area (Å²) in [6.45, 7) is 3.52. The van der Waals surface area contributed by atoms with Crippen LogP contribution in [0.5, 0.6) is 28.7 Å². The van der Waals surface area contributed by atoms with Gasteiger partial charge in [0.1, 0.15) is 28.7 Å². The summed E-state index contributed by atoms with van der Waals surface area (Å²) in [5.41, 5.74) is 5.82. The number of ether oxygens (including phenoxy) is 3. The number of unbranched alkanes of at least 4 members (excludes halogenated alkanes) is 13. The Kier molecular flexibility index (Phi) is 45.9. The number of carbonyl (C=O) groups excluding carboxylic acids is 8. The molecule has 0 saturated carbocycles. The molecule has 0 radical (unpaired) electrons. The van der Waals surface area contributed by atoms with Crippen LogP contribution in [-0.4, -0.2) is 189 Å². The molecule has 1 spiro atoms. The standard InChI is InChI=1S/C35H46FN4O9PS.C25H37FN3O7PS.C24H22N2O3.C17H25FNO6P/c1-40(2)29-18-14-27(15-19-29)38-39-28-16-20-30(21-17-28)51(46,47)26-10-24-48-25-22-34(42)37-23-9-5-3-4-6-12-32(41)35(36)31-11-7-8-13-33(31)49-50(43,44)45;26-23(17-10-5-6-12-20(17)36-37(33,34)35)19(30)11-4-2-1-3-9-15-27-22(31)14-8-7-13-21-24-18(16-38-21)28-25(32)29-24;1-25(2)15-9-11-19-21(13-15)28-22-14-16(26(3)4)10-12-20(22)24(19)18-8-6-5-7-17(18)23(27)29-24;1-13(20)19-12-8-4-2-3-5-10-15(21)17(18)14-9-6-7-11-16(14)25-26(22,23)24/h7-8,11,13-21,35H,3-6,9-10,12,22-26H2,1-2H3,(H,37,42)(H2,43,44,45);5-6,10,12,18,21,23-24H,1-4,7-9,11,13-16H2,(H,27,31)(H2,28,29,32)(H2,33,34,35);5-14H,1-4H3;6-7,9,11,17H,2-5,8,10,12H2,1H3,(H,19,20)(H2,22,23,24). The maximum Gasteiger partial charge on any atom is 0.524 e. The average molecular weight is 2100 g/mol. The Labute approximate surface area is 841 Å². The molecule has 0 aliphatic carbocycles. The Morgan fingerprint density at radius 1 is 0.472 bits per heavy atom. The van der Waals surface area contributed by atoms with Crippen LogP contribution in [0.25, 0.3) is 0 Å². The number of Topliss-reactive ketones (excluding diaryl/α,β-unsaturated/α-hetero) is 3. The number of para-hydroxylation sites is 3. The first-order chi connectivity index (χ1) is 68.5. The van der Waals surface area contributed by atoms with Crippen molar-refractivity contribution >= 4 is 121 Å². The van der Waals surface area contributed by atoms with Crippen molar-refractivity contribution in [1.82, 2.24) is 26.6 Å². The third-order valence-electron chi connectivity index (χ3n) is 23.7. The first kappa shape index (κ1) is 116. The largest absolute Gasteiger partial charge is 0.524 e. The van der Waals surface area contributed by atoms with Gasteiger partial charge in [-0.1, -0.05) is 137 Å². The Hall–Kier alpha value is -11.4. The smallest absolute Gasteiger partial charge is 0.456 e. The molecule has 4 aliphatic rings. The number of azo groups is 1. The molecule has 43 heteroatoms. The van der Waals surface area contributed by atoms with Crippen molar-refractivity contribution in [2.75, 3.05) is 101 Å². The van der Waals surface area contributed by atoms with E-state index in [0.29, 0.717) is 85.4 Å². The third-order valence-corrected chi connectivity index (χ3v) is 28.3. The minimum Gasteiger partial charge on any atom is -0.456 e. The van der Waals surface area contributed by atoms with Crippen molar-refractivity contribution in [3.63, 3.8) is 0 Å². The number of halogens is 3.